The van der Waals surface area contributed by atoms with Crippen molar-refractivity contribution in [2.45, 2.75) is 0 Å². The monoisotopic (exact) mass is 565 g/mol. The number of rotatable bonds is 3. The normalized spacial score (nSPS) is 11.7. The predicted molar refractivity (Wildman–Crippen MR) is 182 cm³/mol. The van der Waals surface area contributed by atoms with Gasteiger partial charge >= 0.3 is 0 Å². The van der Waals surface area contributed by atoms with Gasteiger partial charge in [-0.3, -0.25) is 0 Å². The molecule has 0 spiro atoms. The van der Waals surface area contributed by atoms with Crippen LogP contribution in [0, 0.1) is 0 Å². The van der Waals surface area contributed by atoms with E-state index in [4.69, 9.17) is 15.0 Å². The van der Waals surface area contributed by atoms with Crippen LogP contribution in [0.5, 0.6) is 0 Å². The van der Waals surface area contributed by atoms with E-state index in [-0.39, 0.29) is 0 Å². The van der Waals surface area contributed by atoms with E-state index in [2.05, 4.69) is 140 Å². The fraction of sp³-hybridized carbons (Fsp3) is 0. The molecule has 43 heavy (non-hydrogen) atoms. The van der Waals surface area contributed by atoms with E-state index in [1.165, 1.54) is 30.9 Å². The first-order chi connectivity index (χ1) is 21.3. The molecule has 0 fully saturated rings. The lowest BCUT2D eigenvalue weighted by Crippen LogP contribution is -2.01. The highest BCUT2D eigenvalue weighted by atomic mass is 32.1. The van der Waals surface area contributed by atoms with E-state index in [1.807, 2.05) is 11.3 Å². The first-order valence-electron chi connectivity index (χ1n) is 14.4. The van der Waals surface area contributed by atoms with Gasteiger partial charge in [0.1, 0.15) is 0 Å². The van der Waals surface area contributed by atoms with Crippen LogP contribution < -0.4 is 0 Å². The molecule has 0 amide bonds. The minimum atomic E-state index is 0.666. The van der Waals surface area contributed by atoms with E-state index in [0.717, 1.165) is 38.2 Å². The standard InChI is InChI=1S/C39H23N3S/c1-3-13-28-24(9-1)11-7-16-30(28)38-40-37(41-39(42-38)31-17-8-12-25-10-2-4-14-29(25)31)27-20-19-26-21-22-35-36(33(26)23-27)32-15-5-6-18-34(32)43-35/h1-23H. The van der Waals surface area contributed by atoms with Gasteiger partial charge in [-0.05, 0) is 50.5 Å². The third kappa shape index (κ3) is 3.92. The fourth-order valence-corrected chi connectivity index (χ4v) is 7.39. The summed E-state index contributed by atoms with van der Waals surface area (Å²) in [5, 5.41) is 9.55. The third-order valence-electron chi connectivity index (χ3n) is 8.31. The topological polar surface area (TPSA) is 38.7 Å². The summed E-state index contributed by atoms with van der Waals surface area (Å²) in [6.45, 7) is 0. The molecule has 0 aliphatic heterocycles. The van der Waals surface area contributed by atoms with E-state index in [0.29, 0.717) is 17.5 Å². The maximum absolute atomic E-state index is 5.15. The van der Waals surface area contributed by atoms with Crippen LogP contribution in [0.4, 0.5) is 0 Å². The molecule has 0 aliphatic carbocycles. The molecule has 4 heteroatoms. The van der Waals surface area contributed by atoms with E-state index in [1.54, 1.807) is 0 Å². The highest BCUT2D eigenvalue weighted by Gasteiger charge is 2.17. The van der Waals surface area contributed by atoms with Crippen molar-refractivity contribution in [3.8, 4) is 34.2 Å². The SMILES string of the molecule is c1ccc2c(-c3nc(-c4ccc5ccc6sc7ccccc7c6c5c4)nc(-c4cccc5ccccc45)n3)cccc2c1. The van der Waals surface area contributed by atoms with Crippen LogP contribution in [0.1, 0.15) is 0 Å². The summed E-state index contributed by atoms with van der Waals surface area (Å²) in [4.78, 5) is 15.4. The number of hydrogen-bond acceptors (Lipinski definition) is 4. The molecule has 0 aliphatic rings. The van der Waals surface area contributed by atoms with E-state index < -0.39 is 0 Å². The van der Waals surface area contributed by atoms with Gasteiger partial charge in [-0.25, -0.2) is 15.0 Å². The average molecular weight is 566 g/mol. The molecule has 0 bridgehead atoms. The summed E-state index contributed by atoms with van der Waals surface area (Å²) in [6, 6.07) is 49.1. The zero-order valence-corrected chi connectivity index (χ0v) is 23.8. The van der Waals surface area contributed by atoms with Crippen molar-refractivity contribution in [1.82, 2.24) is 15.0 Å². The molecule has 3 nitrogen and oxygen atoms in total. The van der Waals surface area contributed by atoms with Gasteiger partial charge in [0.25, 0.3) is 0 Å². The molecule has 200 valence electrons. The van der Waals surface area contributed by atoms with Gasteiger partial charge in [0.15, 0.2) is 17.5 Å². The number of benzene rings is 7. The van der Waals surface area contributed by atoms with Crippen LogP contribution in [-0.4, -0.2) is 15.0 Å². The largest absolute Gasteiger partial charge is 0.208 e. The summed E-state index contributed by atoms with van der Waals surface area (Å²) in [7, 11) is 0. The Morgan fingerprint density at radius 3 is 1.60 bits per heavy atom. The summed E-state index contributed by atoms with van der Waals surface area (Å²) in [5.41, 5.74) is 2.96. The summed E-state index contributed by atoms with van der Waals surface area (Å²) < 4.78 is 2.58. The highest BCUT2D eigenvalue weighted by Crippen LogP contribution is 2.40. The molecule has 9 rings (SSSR count). The quantitative estimate of drug-likeness (QED) is 0.214. The smallest absolute Gasteiger partial charge is 0.164 e. The van der Waals surface area contributed by atoms with E-state index in [9.17, 15) is 0 Å². The van der Waals surface area contributed by atoms with Crippen LogP contribution in [0.3, 0.4) is 0 Å². The maximum Gasteiger partial charge on any atom is 0.164 e. The molecule has 0 radical (unpaired) electrons. The Morgan fingerprint density at radius 2 is 0.907 bits per heavy atom. The van der Waals surface area contributed by atoms with Crippen LogP contribution in [-0.2, 0) is 0 Å². The molecule has 2 heterocycles. The van der Waals surface area contributed by atoms with Gasteiger partial charge in [0.05, 0.1) is 0 Å². The highest BCUT2D eigenvalue weighted by molar-refractivity contribution is 7.26. The molecule has 0 saturated heterocycles. The second kappa shape index (κ2) is 9.55. The van der Waals surface area contributed by atoms with Crippen molar-refractivity contribution < 1.29 is 0 Å². The van der Waals surface area contributed by atoms with Crippen molar-refractivity contribution in [3.63, 3.8) is 0 Å². The Hall–Kier alpha value is -5.45. The summed E-state index contributed by atoms with van der Waals surface area (Å²) in [5.74, 6) is 2.01. The zero-order chi connectivity index (χ0) is 28.3. The minimum absolute atomic E-state index is 0.666. The van der Waals surface area contributed by atoms with Crippen molar-refractivity contribution in [2.75, 3.05) is 0 Å². The van der Waals surface area contributed by atoms with Gasteiger partial charge in [-0.2, -0.15) is 0 Å². The second-order valence-corrected chi connectivity index (χ2v) is 11.9. The molecule has 7 aromatic carbocycles. The van der Waals surface area contributed by atoms with Crippen LogP contribution >= 0.6 is 11.3 Å². The molecule has 0 N–H and O–H groups in total. The van der Waals surface area contributed by atoms with Gasteiger partial charge < -0.3 is 0 Å². The predicted octanol–water partition coefficient (Wildman–Crippen LogP) is 10.7. The summed E-state index contributed by atoms with van der Waals surface area (Å²) in [6.07, 6.45) is 0. The first kappa shape index (κ1) is 24.2. The lowest BCUT2D eigenvalue weighted by molar-refractivity contribution is 1.08. The Labute approximate surface area is 251 Å². The van der Waals surface area contributed by atoms with Crippen LogP contribution in [0.25, 0.3) is 86.7 Å². The van der Waals surface area contributed by atoms with Crippen molar-refractivity contribution in [3.05, 3.63) is 140 Å². The first-order valence-corrected chi connectivity index (χ1v) is 15.2. The fourth-order valence-electron chi connectivity index (χ4n) is 6.27. The third-order valence-corrected chi connectivity index (χ3v) is 9.45. The lowest BCUT2D eigenvalue weighted by atomic mass is 10.0. The number of thiophene rings is 1. The zero-order valence-electron chi connectivity index (χ0n) is 23.0. The Kier molecular flexibility index (Phi) is 5.37. The van der Waals surface area contributed by atoms with Gasteiger partial charge in [-0.15, -0.1) is 11.3 Å². The molecule has 0 unspecified atom stereocenters. The number of fused-ring (bicyclic) bond motifs is 7. The molecule has 2 aromatic heterocycles. The minimum Gasteiger partial charge on any atom is -0.208 e. The van der Waals surface area contributed by atoms with Crippen LogP contribution in [0.15, 0.2) is 140 Å². The van der Waals surface area contributed by atoms with Crippen molar-refractivity contribution >= 4 is 63.8 Å². The molecule has 0 atom stereocenters. The average Bonchev–Trinajstić information content (AvgIpc) is 3.47. The van der Waals surface area contributed by atoms with Crippen molar-refractivity contribution in [1.29, 1.82) is 0 Å². The Morgan fingerprint density at radius 1 is 0.372 bits per heavy atom. The number of aromatic nitrogens is 3. The number of hydrogen-bond donors (Lipinski definition) is 0. The van der Waals surface area contributed by atoms with E-state index >= 15 is 0 Å². The second-order valence-electron chi connectivity index (χ2n) is 10.8. The maximum atomic E-state index is 5.15. The Bertz CT molecular complexity index is 2420. The molecule has 0 saturated carbocycles. The number of nitrogens with zero attached hydrogens (tertiary/aromatic N) is 3. The van der Waals surface area contributed by atoms with Gasteiger partial charge in [0.2, 0.25) is 0 Å². The van der Waals surface area contributed by atoms with Gasteiger partial charge in [0, 0.05) is 36.9 Å². The Balaban J connectivity index is 1.34. The molecule has 9 aromatic rings. The van der Waals surface area contributed by atoms with Crippen LogP contribution in [0.2, 0.25) is 0 Å². The summed E-state index contributed by atoms with van der Waals surface area (Å²) >= 11 is 1.84. The molecular formula is C39H23N3S. The molecular weight excluding hydrogens is 543 g/mol. The van der Waals surface area contributed by atoms with Gasteiger partial charge in [-0.1, -0.05) is 121 Å². The lowest BCUT2D eigenvalue weighted by Gasteiger charge is -2.12. The van der Waals surface area contributed by atoms with Crippen molar-refractivity contribution in [2.24, 2.45) is 0 Å².